The van der Waals surface area contributed by atoms with Gasteiger partial charge in [0.1, 0.15) is 10.0 Å². The van der Waals surface area contributed by atoms with E-state index in [0.29, 0.717) is 5.01 Å². The van der Waals surface area contributed by atoms with Crippen molar-refractivity contribution in [2.45, 2.75) is 37.8 Å². The van der Waals surface area contributed by atoms with E-state index in [4.69, 9.17) is 0 Å². The zero-order chi connectivity index (χ0) is 19.1. The van der Waals surface area contributed by atoms with Crippen molar-refractivity contribution >= 4 is 17.2 Å². The number of nitrogens with zero attached hydrogens (tertiary/aromatic N) is 5. The van der Waals surface area contributed by atoms with Crippen LogP contribution in [0.15, 0.2) is 36.5 Å². The Morgan fingerprint density at radius 1 is 1.22 bits per heavy atom. The second kappa shape index (κ2) is 6.45. The third kappa shape index (κ3) is 3.57. The number of benzene rings is 1. The van der Waals surface area contributed by atoms with Crippen LogP contribution in [0, 0.1) is 0 Å². The molecular formula is C17H16F2N6OS. The molecule has 4 rings (SSSR count). The highest BCUT2D eigenvalue weighted by Gasteiger charge is 2.55. The van der Waals surface area contributed by atoms with Crippen molar-refractivity contribution in [3.05, 3.63) is 47.2 Å². The minimum absolute atomic E-state index is 0.0826. The fourth-order valence-electron chi connectivity index (χ4n) is 3.13. The Morgan fingerprint density at radius 2 is 1.96 bits per heavy atom. The van der Waals surface area contributed by atoms with Gasteiger partial charge in [0.2, 0.25) is 0 Å². The number of aromatic nitrogens is 5. The van der Waals surface area contributed by atoms with E-state index in [1.165, 1.54) is 22.2 Å². The van der Waals surface area contributed by atoms with Crippen LogP contribution in [0.4, 0.5) is 8.78 Å². The minimum Gasteiger partial charge on any atom is -0.344 e. The monoisotopic (exact) mass is 390 g/mol. The highest BCUT2D eigenvalue weighted by atomic mass is 32.1. The summed E-state index contributed by atoms with van der Waals surface area (Å²) in [5, 5.41) is 20.0. The van der Waals surface area contributed by atoms with Crippen molar-refractivity contribution in [2.75, 3.05) is 0 Å². The van der Waals surface area contributed by atoms with Crippen LogP contribution in [0.5, 0.6) is 0 Å². The average molecular weight is 390 g/mol. The molecule has 1 N–H and O–H groups in total. The maximum absolute atomic E-state index is 13.2. The highest BCUT2D eigenvalue weighted by molar-refractivity contribution is 7.14. The molecule has 1 saturated carbocycles. The maximum Gasteiger partial charge on any atom is 0.273 e. The molecule has 0 atom stereocenters. The zero-order valence-electron chi connectivity index (χ0n) is 14.4. The third-order valence-electron chi connectivity index (χ3n) is 4.45. The summed E-state index contributed by atoms with van der Waals surface area (Å²) in [7, 11) is 0. The Morgan fingerprint density at radius 3 is 2.67 bits per heavy atom. The maximum atomic E-state index is 13.2. The molecule has 0 bridgehead atoms. The molecule has 27 heavy (non-hydrogen) atoms. The molecule has 7 nitrogen and oxygen atoms in total. The molecular weight excluding hydrogens is 374 g/mol. The van der Waals surface area contributed by atoms with Gasteiger partial charge in [0.25, 0.3) is 11.8 Å². The summed E-state index contributed by atoms with van der Waals surface area (Å²) in [6.07, 6.45) is 0.787. The number of hydrogen-bond acceptors (Lipinski definition) is 6. The van der Waals surface area contributed by atoms with E-state index < -0.39 is 17.4 Å². The lowest BCUT2D eigenvalue weighted by Gasteiger charge is -2.44. The molecule has 0 unspecified atom stereocenters. The second-order valence-corrected chi connectivity index (χ2v) is 7.87. The van der Waals surface area contributed by atoms with E-state index in [2.05, 4.69) is 25.8 Å². The Balaban J connectivity index is 1.37. The largest absolute Gasteiger partial charge is 0.344 e. The molecule has 1 aliphatic rings. The molecule has 1 aromatic carbocycles. The first-order valence-corrected chi connectivity index (χ1v) is 9.13. The van der Waals surface area contributed by atoms with Crippen molar-refractivity contribution in [3.8, 4) is 10.6 Å². The van der Waals surface area contributed by atoms with Crippen LogP contribution in [0.1, 0.15) is 35.3 Å². The van der Waals surface area contributed by atoms with Gasteiger partial charge in [0.05, 0.1) is 18.3 Å². The Labute approximate surface area is 157 Å². The highest BCUT2D eigenvalue weighted by Crippen LogP contribution is 2.49. The van der Waals surface area contributed by atoms with Crippen LogP contribution in [-0.4, -0.2) is 37.0 Å². The van der Waals surface area contributed by atoms with E-state index in [1.807, 2.05) is 30.3 Å². The predicted octanol–water partition coefficient (Wildman–Crippen LogP) is 2.87. The second-order valence-electron chi connectivity index (χ2n) is 6.80. The minimum atomic E-state index is -2.68. The Kier molecular flexibility index (Phi) is 4.22. The molecule has 0 aliphatic heterocycles. The van der Waals surface area contributed by atoms with Gasteiger partial charge in [-0.15, -0.1) is 15.3 Å². The van der Waals surface area contributed by atoms with Gasteiger partial charge in [-0.2, -0.15) is 0 Å². The van der Waals surface area contributed by atoms with Gasteiger partial charge < -0.3 is 5.32 Å². The van der Waals surface area contributed by atoms with Crippen LogP contribution in [-0.2, 0) is 12.1 Å². The fourth-order valence-corrected chi connectivity index (χ4v) is 3.91. The topological polar surface area (TPSA) is 85.6 Å². The lowest BCUT2D eigenvalue weighted by atomic mass is 9.75. The van der Waals surface area contributed by atoms with Gasteiger partial charge in [-0.25, -0.2) is 13.5 Å². The quantitative estimate of drug-likeness (QED) is 0.724. The summed E-state index contributed by atoms with van der Waals surface area (Å²) in [5.74, 6) is -3.12. The summed E-state index contributed by atoms with van der Waals surface area (Å²) in [6.45, 7) is 1.87. The predicted molar refractivity (Wildman–Crippen MR) is 94.4 cm³/mol. The van der Waals surface area contributed by atoms with Gasteiger partial charge in [-0.1, -0.05) is 46.9 Å². The van der Waals surface area contributed by atoms with Crippen molar-refractivity contribution in [2.24, 2.45) is 0 Å². The Bertz CT molecular complexity index is 963. The first-order chi connectivity index (χ1) is 12.8. The molecule has 0 saturated heterocycles. The van der Waals surface area contributed by atoms with E-state index in [-0.39, 0.29) is 25.1 Å². The van der Waals surface area contributed by atoms with Crippen LogP contribution in [0.2, 0.25) is 0 Å². The lowest BCUT2D eigenvalue weighted by Crippen LogP contribution is -2.51. The number of nitrogens with one attached hydrogen (secondary N) is 1. The first-order valence-electron chi connectivity index (χ1n) is 8.31. The molecule has 0 spiro atoms. The molecule has 1 amide bonds. The number of carbonyl (C=O) groups is 1. The van der Waals surface area contributed by atoms with Crippen LogP contribution in [0.25, 0.3) is 10.6 Å². The standard InChI is InChI=1S/C17H16F2N6OS/c1-16(9-17(18,19)10-16)25-8-12(21-24-25)14(26)20-7-13-22-23-15(27-13)11-5-3-2-4-6-11/h2-6,8H,7,9-10H2,1H3,(H,20,26). The number of amides is 1. The van der Waals surface area contributed by atoms with Crippen LogP contribution < -0.4 is 5.32 Å². The van der Waals surface area contributed by atoms with E-state index in [1.54, 1.807) is 6.92 Å². The van der Waals surface area contributed by atoms with E-state index in [9.17, 15) is 13.6 Å². The van der Waals surface area contributed by atoms with E-state index >= 15 is 0 Å². The van der Waals surface area contributed by atoms with Gasteiger partial charge in [-0.3, -0.25) is 4.79 Å². The molecule has 3 aromatic rings. The number of rotatable bonds is 5. The molecule has 2 heterocycles. The normalized spacial score (nSPS) is 17.3. The Hall–Kier alpha value is -2.75. The smallest absolute Gasteiger partial charge is 0.273 e. The van der Waals surface area contributed by atoms with Crippen LogP contribution >= 0.6 is 11.3 Å². The summed E-state index contributed by atoms with van der Waals surface area (Å²) < 4.78 is 27.7. The van der Waals surface area contributed by atoms with Crippen LogP contribution in [0.3, 0.4) is 0 Å². The number of carbonyl (C=O) groups excluding carboxylic acids is 1. The van der Waals surface area contributed by atoms with Gasteiger partial charge >= 0.3 is 0 Å². The summed E-state index contributed by atoms with van der Waals surface area (Å²) in [6, 6.07) is 9.63. The van der Waals surface area contributed by atoms with Gasteiger partial charge in [-0.05, 0) is 6.92 Å². The SMILES string of the molecule is CC1(n2cc(C(=O)NCc3nnc(-c4ccccc4)s3)nn2)CC(F)(F)C1. The molecule has 10 heteroatoms. The first kappa shape index (κ1) is 17.7. The summed E-state index contributed by atoms with van der Waals surface area (Å²) >= 11 is 1.38. The molecule has 2 aromatic heterocycles. The molecule has 1 aliphatic carbocycles. The molecule has 0 radical (unpaired) electrons. The summed E-state index contributed by atoms with van der Waals surface area (Å²) in [5.41, 5.74) is 0.235. The van der Waals surface area contributed by atoms with Gasteiger partial charge in [0, 0.05) is 18.4 Å². The molecule has 140 valence electrons. The average Bonchev–Trinajstić information content (AvgIpc) is 3.28. The third-order valence-corrected chi connectivity index (χ3v) is 5.42. The van der Waals surface area contributed by atoms with Gasteiger partial charge in [0.15, 0.2) is 5.69 Å². The van der Waals surface area contributed by atoms with Crippen molar-refractivity contribution in [1.82, 2.24) is 30.5 Å². The molecule has 1 fully saturated rings. The van der Waals surface area contributed by atoms with Crippen molar-refractivity contribution in [3.63, 3.8) is 0 Å². The number of hydrogen-bond donors (Lipinski definition) is 1. The fraction of sp³-hybridized carbons (Fsp3) is 0.353. The van der Waals surface area contributed by atoms with E-state index in [0.717, 1.165) is 10.6 Å². The number of alkyl halides is 2. The van der Waals surface area contributed by atoms with Crippen molar-refractivity contribution < 1.29 is 13.6 Å². The van der Waals surface area contributed by atoms with Crippen molar-refractivity contribution in [1.29, 1.82) is 0 Å². The number of halogens is 2. The summed E-state index contributed by atoms with van der Waals surface area (Å²) in [4.78, 5) is 12.3. The lowest BCUT2D eigenvalue weighted by molar-refractivity contribution is -0.149. The zero-order valence-corrected chi connectivity index (χ0v) is 15.2.